The molecule has 0 aliphatic heterocycles. The van der Waals surface area contributed by atoms with Crippen molar-refractivity contribution < 1.29 is 0 Å². The van der Waals surface area contributed by atoms with Crippen molar-refractivity contribution in [2.45, 2.75) is 2.42 Å². The average Bonchev–Trinajstić information content (AvgIpc) is 1.58. The highest BCUT2D eigenvalue weighted by atomic mass is 127. The van der Waals surface area contributed by atoms with Gasteiger partial charge in [-0.15, -0.1) is 0 Å². The fourth-order valence-corrected chi connectivity index (χ4v) is 5.37. The van der Waals surface area contributed by atoms with Crippen LogP contribution in [-0.4, -0.2) is 2.42 Å². The second-order valence-electron chi connectivity index (χ2n) is 1.70. The lowest BCUT2D eigenvalue weighted by Crippen LogP contribution is -2.49. The van der Waals surface area contributed by atoms with Gasteiger partial charge in [0.25, 0.3) is 0 Å². The number of rotatable bonds is 2. The van der Waals surface area contributed by atoms with Gasteiger partial charge in [-0.1, -0.05) is 113 Å². The first kappa shape index (κ1) is 16.1. The van der Waals surface area contributed by atoms with Gasteiger partial charge in [0, 0.05) is 0 Å². The van der Waals surface area contributed by atoms with Crippen molar-refractivity contribution in [1.29, 1.82) is 0 Å². The predicted octanol–water partition coefficient (Wildman–Crippen LogP) is 4.99. The molecule has 0 aromatic heterocycles. The van der Waals surface area contributed by atoms with Crippen LogP contribution in [0.1, 0.15) is 0 Å². The molecule has 68 valence electrons. The molecule has 2 N–H and O–H groups in total. The Morgan fingerprint density at radius 3 is 1.00 bits per heavy atom. The summed E-state index contributed by atoms with van der Waals surface area (Å²) in [5, 5.41) is 0. The minimum Gasteiger partial charge on any atom is -0.307 e. The van der Waals surface area contributed by atoms with Gasteiger partial charge in [-0.05, 0) is 45.2 Å². The molecular formula is C3H2I7N. The minimum absolute atomic E-state index is 0.0261. The Kier molecular flexibility index (Phi) is 8.19. The lowest BCUT2D eigenvalue weighted by molar-refractivity contribution is 0.899. The van der Waals surface area contributed by atoms with Gasteiger partial charge in [0.05, 0.1) is 0 Å². The van der Waals surface area contributed by atoms with Crippen molar-refractivity contribution in [2.24, 2.45) is 5.73 Å². The van der Waals surface area contributed by atoms with E-state index in [1.54, 1.807) is 0 Å². The molecule has 0 spiro atoms. The van der Waals surface area contributed by atoms with Crippen molar-refractivity contribution in [3.8, 4) is 0 Å². The van der Waals surface area contributed by atoms with Gasteiger partial charge in [0.15, 0.2) is -0.565 Å². The number of alkyl halides is 7. The summed E-state index contributed by atoms with van der Waals surface area (Å²) >= 11 is 16.6. The molecule has 0 saturated carbocycles. The molecule has 0 heterocycles. The molecule has 0 aromatic rings. The molecule has 0 fully saturated rings. The van der Waals surface area contributed by atoms with Crippen LogP contribution in [0.2, 0.25) is 0 Å². The second-order valence-corrected chi connectivity index (χ2v) is 23.5. The van der Waals surface area contributed by atoms with E-state index < -0.39 is 0 Å². The molecule has 0 unspecified atom stereocenters. The van der Waals surface area contributed by atoms with Crippen LogP contribution in [0.25, 0.3) is 0 Å². The van der Waals surface area contributed by atoms with E-state index in [4.69, 9.17) is 5.73 Å². The number of halogens is 7. The van der Waals surface area contributed by atoms with Crippen LogP contribution in [0.5, 0.6) is 0 Å². The number of hydrogen-bond donors (Lipinski definition) is 1. The van der Waals surface area contributed by atoms with Crippen molar-refractivity contribution in [1.82, 2.24) is 0 Å². The molecular weight excluding hydrogens is 938 g/mol. The largest absolute Gasteiger partial charge is 0.307 e. The minimum atomic E-state index is -0.229. The Labute approximate surface area is 162 Å². The summed E-state index contributed by atoms with van der Waals surface area (Å²) in [6.07, 6.45) is 0. The van der Waals surface area contributed by atoms with Gasteiger partial charge >= 0.3 is 0 Å². The molecule has 1 nitrogen and oxygen atoms in total. The molecule has 0 atom stereocenters. The quantitative estimate of drug-likeness (QED) is 0.236. The lowest BCUT2D eigenvalue weighted by atomic mass is 10.5. The molecule has 0 saturated heterocycles. The standard InChI is InChI=1S/C3H2I7N/c4-1(5,2(6,7)8)3(9,10)11/h11H2. The lowest BCUT2D eigenvalue weighted by Gasteiger charge is -2.38. The average molecular weight is 940 g/mol. The van der Waals surface area contributed by atoms with Gasteiger partial charge in [0.2, 0.25) is 0 Å². The third-order valence-electron chi connectivity index (χ3n) is 0.775. The van der Waals surface area contributed by atoms with Gasteiger partial charge in [-0.2, -0.15) is 0 Å². The SMILES string of the molecule is NC(I)(I)C(I)(I)C(I)(I)I. The summed E-state index contributed by atoms with van der Waals surface area (Å²) in [5.41, 5.74) is 6.04. The zero-order valence-electron chi connectivity index (χ0n) is 4.72. The molecule has 0 aromatic carbocycles. The third-order valence-corrected chi connectivity index (χ3v) is 18.5. The molecule has 8 heteroatoms. The molecule has 0 aliphatic rings. The topological polar surface area (TPSA) is 26.0 Å². The number of nitrogens with two attached hydrogens (primary N) is 1. The van der Waals surface area contributed by atoms with E-state index >= 15 is 0 Å². The summed E-state index contributed by atoms with van der Waals surface area (Å²) < 4.78 is -0.0793. The summed E-state index contributed by atoms with van der Waals surface area (Å²) in [5.74, 6) is 0. The Balaban J connectivity index is 4.75. The maximum atomic E-state index is 6.04. The Hall–Kier alpha value is 5.07. The van der Waals surface area contributed by atoms with E-state index in [0.29, 0.717) is 0 Å². The molecule has 0 rings (SSSR count). The summed E-state index contributed by atoms with van der Waals surface area (Å²) in [6.45, 7) is 0. The van der Waals surface area contributed by atoms with E-state index in [0.717, 1.165) is 0 Å². The fraction of sp³-hybridized carbons (Fsp3) is 1.00. The zero-order chi connectivity index (χ0) is 9.50. The van der Waals surface area contributed by atoms with E-state index in [9.17, 15) is 0 Å². The van der Waals surface area contributed by atoms with Gasteiger partial charge in [0.1, 0.15) is 2.98 Å². The molecule has 11 heavy (non-hydrogen) atoms. The Morgan fingerprint density at radius 1 is 0.727 bits per heavy atom. The Morgan fingerprint density at radius 2 is 1.00 bits per heavy atom. The van der Waals surface area contributed by atoms with E-state index in [-0.39, 0.29) is 2.42 Å². The molecule has 0 amide bonds. The van der Waals surface area contributed by atoms with Crippen molar-refractivity contribution in [2.75, 3.05) is 0 Å². The number of hydrogen-bond acceptors (Lipinski definition) is 1. The van der Waals surface area contributed by atoms with Crippen LogP contribution in [0.15, 0.2) is 0 Å². The third kappa shape index (κ3) is 4.84. The highest BCUT2D eigenvalue weighted by molar-refractivity contribution is 14.3. The van der Waals surface area contributed by atoms with Crippen LogP contribution >= 0.6 is 158 Å². The van der Waals surface area contributed by atoms with E-state index in [1.165, 1.54) is 0 Å². The van der Waals surface area contributed by atoms with Gasteiger partial charge in [-0.25, -0.2) is 0 Å². The fourth-order valence-electron chi connectivity index (χ4n) is 0.189. The van der Waals surface area contributed by atoms with Crippen molar-refractivity contribution >= 4 is 158 Å². The summed E-state index contributed by atoms with van der Waals surface area (Å²) in [6, 6.07) is 0. The van der Waals surface area contributed by atoms with Crippen LogP contribution in [0.4, 0.5) is 0 Å². The van der Waals surface area contributed by atoms with Gasteiger partial charge < -0.3 is 5.73 Å². The van der Waals surface area contributed by atoms with Crippen LogP contribution in [-0.2, 0) is 0 Å². The molecule has 0 bridgehead atoms. The van der Waals surface area contributed by atoms with Crippen LogP contribution in [0, 0.1) is 0 Å². The van der Waals surface area contributed by atoms with E-state index in [1.807, 2.05) is 0 Å². The van der Waals surface area contributed by atoms with Crippen molar-refractivity contribution in [3.63, 3.8) is 0 Å². The Bertz CT molecular complexity index is 125. The van der Waals surface area contributed by atoms with E-state index in [2.05, 4.69) is 158 Å². The monoisotopic (exact) mass is 940 g/mol. The normalized spacial score (nSPS) is 15.3. The highest BCUT2D eigenvalue weighted by Gasteiger charge is 2.54. The van der Waals surface area contributed by atoms with Crippen LogP contribution in [0.3, 0.4) is 0 Å². The maximum absolute atomic E-state index is 6.04. The second kappa shape index (κ2) is 5.61. The maximum Gasteiger partial charge on any atom is 0.151 e. The van der Waals surface area contributed by atoms with Crippen LogP contribution < -0.4 is 5.73 Å². The predicted molar refractivity (Wildman–Crippen MR) is 111 cm³/mol. The molecule has 0 radical (unpaired) electrons. The first-order chi connectivity index (χ1) is 4.50. The zero-order valence-corrected chi connectivity index (χ0v) is 19.8. The summed E-state index contributed by atoms with van der Waals surface area (Å²) in [7, 11) is 0. The summed E-state index contributed by atoms with van der Waals surface area (Å²) in [4.78, 5) is 0. The smallest absolute Gasteiger partial charge is 0.151 e. The van der Waals surface area contributed by atoms with Crippen molar-refractivity contribution in [3.05, 3.63) is 0 Å². The van der Waals surface area contributed by atoms with Gasteiger partial charge in [-0.3, -0.25) is 0 Å². The highest BCUT2D eigenvalue weighted by Crippen LogP contribution is 2.62. The molecule has 0 aliphatic carbocycles. The first-order valence-corrected chi connectivity index (χ1v) is 9.66. The first-order valence-electron chi connectivity index (χ1n) is 2.11.